The molecule has 0 atom stereocenters. The normalized spacial score (nSPS) is 11.6. The lowest BCUT2D eigenvalue weighted by molar-refractivity contribution is 0.0950. The van der Waals surface area contributed by atoms with Crippen LogP contribution in [-0.2, 0) is 22.9 Å². The van der Waals surface area contributed by atoms with Crippen LogP contribution in [0.25, 0.3) is 0 Å². The molecule has 1 amide bonds. The van der Waals surface area contributed by atoms with Gasteiger partial charge in [-0.2, -0.15) is 0 Å². The number of sulfone groups is 1. The quantitative estimate of drug-likeness (QED) is 0.859. The molecule has 0 radical (unpaired) electrons. The Morgan fingerprint density at radius 3 is 2.32 bits per heavy atom. The monoisotopic (exact) mass is 360 g/mol. The summed E-state index contributed by atoms with van der Waals surface area (Å²) in [5.41, 5.74) is 3.32. The van der Waals surface area contributed by atoms with Gasteiger partial charge in [-0.3, -0.25) is 4.79 Å². The van der Waals surface area contributed by atoms with E-state index in [9.17, 15) is 13.2 Å². The third-order valence-electron chi connectivity index (χ3n) is 3.93. The van der Waals surface area contributed by atoms with Crippen LogP contribution in [0, 0.1) is 6.92 Å². The summed E-state index contributed by atoms with van der Waals surface area (Å²) in [6.07, 6.45) is 1.14. The van der Waals surface area contributed by atoms with Gasteiger partial charge >= 0.3 is 0 Å². The van der Waals surface area contributed by atoms with Crippen molar-refractivity contribution < 1.29 is 13.2 Å². The number of carbonyl (C=O) groups excluding carboxylic acids is 1. The van der Waals surface area contributed by atoms with Crippen molar-refractivity contribution in [2.24, 2.45) is 0 Å². The summed E-state index contributed by atoms with van der Waals surface area (Å²) >= 11 is 0. The van der Waals surface area contributed by atoms with E-state index < -0.39 is 9.84 Å². The molecule has 0 saturated heterocycles. The van der Waals surface area contributed by atoms with Crippen LogP contribution >= 0.6 is 0 Å². The summed E-state index contributed by atoms with van der Waals surface area (Å²) in [5, 5.41) is 2.90. The van der Waals surface area contributed by atoms with Gasteiger partial charge in [0.15, 0.2) is 9.84 Å². The minimum atomic E-state index is -3.35. The molecule has 0 aliphatic heterocycles. The van der Waals surface area contributed by atoms with Crippen molar-refractivity contribution in [3.05, 3.63) is 64.7 Å². The van der Waals surface area contributed by atoms with Crippen LogP contribution in [0.3, 0.4) is 0 Å². The number of amides is 1. The zero-order chi connectivity index (χ0) is 18.6. The SMILES string of the molecule is Cc1ccc(S(C)(=O)=O)cc1C(=O)NCc1ccccc1CN(C)C. The fourth-order valence-electron chi connectivity index (χ4n) is 2.57. The van der Waals surface area contributed by atoms with E-state index in [1.165, 1.54) is 12.1 Å². The highest BCUT2D eigenvalue weighted by Gasteiger charge is 2.14. The molecular formula is C19H24N2O3S. The van der Waals surface area contributed by atoms with Crippen molar-refractivity contribution in [1.29, 1.82) is 0 Å². The molecule has 2 aromatic rings. The van der Waals surface area contributed by atoms with Crippen molar-refractivity contribution >= 4 is 15.7 Å². The van der Waals surface area contributed by atoms with Crippen molar-refractivity contribution in [3.8, 4) is 0 Å². The first-order chi connectivity index (χ1) is 11.7. The third-order valence-corrected chi connectivity index (χ3v) is 5.04. The average Bonchev–Trinajstić information content (AvgIpc) is 2.52. The lowest BCUT2D eigenvalue weighted by Crippen LogP contribution is -2.25. The fraction of sp³-hybridized carbons (Fsp3) is 0.316. The largest absolute Gasteiger partial charge is 0.348 e. The van der Waals surface area contributed by atoms with Crippen LogP contribution in [0.4, 0.5) is 0 Å². The number of aryl methyl sites for hydroxylation is 1. The molecule has 1 N–H and O–H groups in total. The molecule has 0 spiro atoms. The van der Waals surface area contributed by atoms with Crippen LogP contribution in [0.15, 0.2) is 47.4 Å². The second-order valence-electron chi connectivity index (χ2n) is 6.44. The van der Waals surface area contributed by atoms with E-state index >= 15 is 0 Å². The summed E-state index contributed by atoms with van der Waals surface area (Å²) < 4.78 is 23.4. The molecule has 134 valence electrons. The maximum Gasteiger partial charge on any atom is 0.251 e. The Morgan fingerprint density at radius 2 is 1.72 bits per heavy atom. The average molecular weight is 360 g/mol. The number of benzene rings is 2. The van der Waals surface area contributed by atoms with E-state index in [1.54, 1.807) is 13.0 Å². The van der Waals surface area contributed by atoms with E-state index in [0.717, 1.165) is 29.5 Å². The van der Waals surface area contributed by atoms with Crippen molar-refractivity contribution in [2.45, 2.75) is 24.9 Å². The molecule has 5 nitrogen and oxygen atoms in total. The highest BCUT2D eigenvalue weighted by atomic mass is 32.2. The molecule has 6 heteroatoms. The number of rotatable bonds is 6. The highest BCUT2D eigenvalue weighted by molar-refractivity contribution is 7.90. The van der Waals surface area contributed by atoms with Gasteiger partial charge in [0, 0.05) is 24.9 Å². The van der Waals surface area contributed by atoms with E-state index in [-0.39, 0.29) is 10.8 Å². The summed E-state index contributed by atoms with van der Waals surface area (Å²) in [7, 11) is 0.642. The molecule has 0 unspecified atom stereocenters. The predicted molar refractivity (Wildman–Crippen MR) is 99.3 cm³/mol. The second kappa shape index (κ2) is 7.80. The maximum absolute atomic E-state index is 12.5. The predicted octanol–water partition coefficient (Wildman–Crippen LogP) is 2.39. The van der Waals surface area contributed by atoms with Crippen molar-refractivity contribution in [1.82, 2.24) is 10.2 Å². The van der Waals surface area contributed by atoms with Crippen LogP contribution in [0.5, 0.6) is 0 Å². The van der Waals surface area contributed by atoms with Gasteiger partial charge in [-0.1, -0.05) is 30.3 Å². The van der Waals surface area contributed by atoms with Crippen molar-refractivity contribution in [2.75, 3.05) is 20.4 Å². The van der Waals surface area contributed by atoms with E-state index in [4.69, 9.17) is 0 Å². The van der Waals surface area contributed by atoms with Crippen LogP contribution in [-0.4, -0.2) is 39.6 Å². The number of hydrogen-bond donors (Lipinski definition) is 1. The smallest absolute Gasteiger partial charge is 0.251 e. The van der Waals surface area contributed by atoms with Gasteiger partial charge in [0.1, 0.15) is 0 Å². The number of nitrogens with one attached hydrogen (secondary N) is 1. The zero-order valence-corrected chi connectivity index (χ0v) is 15.9. The molecule has 2 rings (SSSR count). The Morgan fingerprint density at radius 1 is 1.08 bits per heavy atom. The summed E-state index contributed by atoms with van der Waals surface area (Å²) in [6.45, 7) is 2.97. The number of carbonyl (C=O) groups is 1. The third kappa shape index (κ3) is 5.14. The molecule has 2 aromatic carbocycles. The summed E-state index contributed by atoms with van der Waals surface area (Å²) in [4.78, 5) is 14.8. The minimum absolute atomic E-state index is 0.149. The number of nitrogens with zero attached hydrogens (tertiary/aromatic N) is 1. The Bertz CT molecular complexity index is 874. The molecular weight excluding hydrogens is 336 g/mol. The van der Waals surface area contributed by atoms with Gasteiger partial charge in [0.25, 0.3) is 5.91 Å². The standard InChI is InChI=1S/C19H24N2O3S/c1-14-9-10-17(25(4,23)24)11-18(14)19(22)20-12-15-7-5-6-8-16(15)13-21(2)3/h5-11H,12-13H2,1-4H3,(H,20,22). The van der Waals surface area contributed by atoms with Crippen LogP contribution in [0.1, 0.15) is 27.0 Å². The fourth-order valence-corrected chi connectivity index (χ4v) is 3.22. The summed E-state index contributed by atoms with van der Waals surface area (Å²) in [6, 6.07) is 12.6. The first-order valence-electron chi connectivity index (χ1n) is 7.99. The lowest BCUT2D eigenvalue weighted by Gasteiger charge is -2.15. The zero-order valence-electron chi connectivity index (χ0n) is 15.0. The molecule has 0 heterocycles. The molecule has 0 bridgehead atoms. The second-order valence-corrected chi connectivity index (χ2v) is 8.45. The highest BCUT2D eigenvalue weighted by Crippen LogP contribution is 2.16. The Balaban J connectivity index is 2.19. The van der Waals surface area contributed by atoms with Gasteiger partial charge < -0.3 is 10.2 Å². The van der Waals surface area contributed by atoms with Gasteiger partial charge in [-0.15, -0.1) is 0 Å². The first kappa shape index (κ1) is 19.1. The molecule has 0 fully saturated rings. The maximum atomic E-state index is 12.5. The Hall–Kier alpha value is -2.18. The topological polar surface area (TPSA) is 66.5 Å². The van der Waals surface area contributed by atoms with Gasteiger partial charge in [-0.05, 0) is 49.8 Å². The summed E-state index contributed by atoms with van der Waals surface area (Å²) in [5.74, 6) is -0.275. The van der Waals surface area contributed by atoms with E-state index in [0.29, 0.717) is 12.1 Å². The molecule has 25 heavy (non-hydrogen) atoms. The molecule has 0 aliphatic carbocycles. The Labute approximate surface area is 149 Å². The molecule has 0 aliphatic rings. The van der Waals surface area contributed by atoms with Crippen molar-refractivity contribution in [3.63, 3.8) is 0 Å². The Kier molecular flexibility index (Phi) is 5.98. The van der Waals surface area contributed by atoms with Gasteiger partial charge in [-0.25, -0.2) is 8.42 Å². The lowest BCUT2D eigenvalue weighted by atomic mass is 10.1. The molecule has 0 aromatic heterocycles. The van der Waals surface area contributed by atoms with Crippen LogP contribution < -0.4 is 5.32 Å². The van der Waals surface area contributed by atoms with Gasteiger partial charge in [0.2, 0.25) is 0 Å². The van der Waals surface area contributed by atoms with E-state index in [1.807, 2.05) is 38.4 Å². The van der Waals surface area contributed by atoms with Gasteiger partial charge in [0.05, 0.1) is 4.90 Å². The van der Waals surface area contributed by atoms with E-state index in [2.05, 4.69) is 10.2 Å². The minimum Gasteiger partial charge on any atom is -0.348 e. The first-order valence-corrected chi connectivity index (χ1v) is 9.88. The number of hydrogen-bond acceptors (Lipinski definition) is 4. The molecule has 0 saturated carbocycles. The van der Waals surface area contributed by atoms with Crippen LogP contribution in [0.2, 0.25) is 0 Å².